The van der Waals surface area contributed by atoms with Gasteiger partial charge in [0.25, 0.3) is 17.7 Å². The van der Waals surface area contributed by atoms with Gasteiger partial charge in [-0.3, -0.25) is 19.3 Å². The molecular formula is C22H19F3N2O5. The first-order valence-electron chi connectivity index (χ1n) is 9.81. The number of carbonyl (C=O) groups is 4. The van der Waals surface area contributed by atoms with Crippen LogP contribution in [0.25, 0.3) is 0 Å². The van der Waals surface area contributed by atoms with Gasteiger partial charge in [-0.1, -0.05) is 13.3 Å². The molecule has 0 spiro atoms. The Balaban J connectivity index is 1.70. The molecule has 0 bridgehead atoms. The molecule has 3 amide bonds. The number of imide groups is 1. The predicted molar refractivity (Wildman–Crippen MR) is 107 cm³/mol. The van der Waals surface area contributed by atoms with Crippen molar-refractivity contribution in [1.82, 2.24) is 4.90 Å². The molecule has 2 aromatic carbocycles. The van der Waals surface area contributed by atoms with Gasteiger partial charge in [0.2, 0.25) is 0 Å². The molecule has 0 fully saturated rings. The van der Waals surface area contributed by atoms with Crippen LogP contribution in [0, 0.1) is 17.5 Å². The quantitative estimate of drug-likeness (QED) is 0.396. The molecule has 0 saturated carbocycles. The second-order valence-electron chi connectivity index (χ2n) is 7.14. The third-order valence-corrected chi connectivity index (χ3v) is 4.89. The summed E-state index contributed by atoms with van der Waals surface area (Å²) in [5.74, 6) is -7.68. The van der Waals surface area contributed by atoms with Crippen LogP contribution in [0.3, 0.4) is 0 Å². The maximum atomic E-state index is 13.7. The third-order valence-electron chi connectivity index (χ3n) is 4.89. The topological polar surface area (TPSA) is 92.8 Å². The SMILES string of the molecule is CCCCN1C(=O)c2ccc(C(=O)OC(C)C(=O)Nc3ccc(F)c(F)c3F)cc2C1=O. The van der Waals surface area contributed by atoms with E-state index in [-0.39, 0.29) is 23.2 Å². The Morgan fingerprint density at radius 1 is 1.03 bits per heavy atom. The molecule has 168 valence electrons. The smallest absolute Gasteiger partial charge is 0.338 e. The minimum absolute atomic E-state index is 0.0570. The molecule has 7 nitrogen and oxygen atoms in total. The van der Waals surface area contributed by atoms with Crippen LogP contribution in [-0.4, -0.2) is 41.2 Å². The summed E-state index contributed by atoms with van der Waals surface area (Å²) in [5, 5.41) is 2.01. The van der Waals surface area contributed by atoms with Crippen molar-refractivity contribution in [1.29, 1.82) is 0 Å². The van der Waals surface area contributed by atoms with Crippen LogP contribution in [0.5, 0.6) is 0 Å². The van der Waals surface area contributed by atoms with Gasteiger partial charge in [0, 0.05) is 6.54 Å². The zero-order valence-electron chi connectivity index (χ0n) is 17.2. The zero-order chi connectivity index (χ0) is 23.6. The molecule has 1 aliphatic heterocycles. The number of hydrogen-bond acceptors (Lipinski definition) is 5. The summed E-state index contributed by atoms with van der Waals surface area (Å²) in [7, 11) is 0. The lowest BCUT2D eigenvalue weighted by Gasteiger charge is -2.14. The molecule has 32 heavy (non-hydrogen) atoms. The first kappa shape index (κ1) is 23.0. The number of benzene rings is 2. The van der Waals surface area contributed by atoms with Crippen molar-refractivity contribution in [2.24, 2.45) is 0 Å². The van der Waals surface area contributed by atoms with E-state index in [1.807, 2.05) is 12.2 Å². The molecule has 0 saturated heterocycles. The standard InChI is InChI=1S/C22H19F3N2O5/c1-3-4-9-27-20(29)13-6-5-12(10-14(13)21(27)30)22(31)32-11(2)19(28)26-16-8-7-15(23)17(24)18(16)25/h5-8,10-11H,3-4,9H2,1-2H3,(H,26,28). The van der Waals surface area contributed by atoms with Gasteiger partial charge in [-0.25, -0.2) is 18.0 Å². The van der Waals surface area contributed by atoms with Crippen LogP contribution in [0.1, 0.15) is 57.8 Å². The number of fused-ring (bicyclic) bond motifs is 1. The van der Waals surface area contributed by atoms with Gasteiger partial charge in [-0.2, -0.15) is 0 Å². The number of unbranched alkanes of at least 4 members (excludes halogenated alkanes) is 1. The molecular weight excluding hydrogens is 429 g/mol. The zero-order valence-corrected chi connectivity index (χ0v) is 17.2. The summed E-state index contributed by atoms with van der Waals surface area (Å²) < 4.78 is 45.0. The number of amides is 3. The second-order valence-corrected chi connectivity index (χ2v) is 7.14. The van der Waals surface area contributed by atoms with E-state index >= 15 is 0 Å². The lowest BCUT2D eigenvalue weighted by Crippen LogP contribution is -2.30. The second kappa shape index (κ2) is 9.21. The van der Waals surface area contributed by atoms with Crippen molar-refractivity contribution in [3.63, 3.8) is 0 Å². The van der Waals surface area contributed by atoms with Crippen molar-refractivity contribution in [3.05, 3.63) is 64.5 Å². The molecule has 1 unspecified atom stereocenters. The Morgan fingerprint density at radius 3 is 2.41 bits per heavy atom. The highest BCUT2D eigenvalue weighted by molar-refractivity contribution is 6.22. The Hall–Kier alpha value is -3.69. The van der Waals surface area contributed by atoms with Crippen molar-refractivity contribution in [2.45, 2.75) is 32.8 Å². The summed E-state index contributed by atoms with van der Waals surface area (Å²) in [6, 6.07) is 5.29. The number of rotatable bonds is 7. The third kappa shape index (κ3) is 4.34. The van der Waals surface area contributed by atoms with Crippen LogP contribution < -0.4 is 5.32 Å². The molecule has 10 heteroatoms. The molecule has 1 N–H and O–H groups in total. The fourth-order valence-electron chi connectivity index (χ4n) is 3.08. The number of nitrogens with zero attached hydrogens (tertiary/aromatic N) is 1. The molecule has 0 aromatic heterocycles. The van der Waals surface area contributed by atoms with Crippen molar-refractivity contribution < 1.29 is 37.1 Å². The van der Waals surface area contributed by atoms with E-state index in [4.69, 9.17) is 4.74 Å². The van der Waals surface area contributed by atoms with E-state index in [0.29, 0.717) is 12.5 Å². The summed E-state index contributed by atoms with van der Waals surface area (Å²) in [6.45, 7) is 3.38. The maximum Gasteiger partial charge on any atom is 0.338 e. The van der Waals surface area contributed by atoms with Crippen molar-refractivity contribution in [2.75, 3.05) is 11.9 Å². The first-order chi connectivity index (χ1) is 15.1. The van der Waals surface area contributed by atoms with E-state index in [0.717, 1.165) is 17.4 Å². The largest absolute Gasteiger partial charge is 0.449 e. The van der Waals surface area contributed by atoms with Crippen LogP contribution in [0.15, 0.2) is 30.3 Å². The highest BCUT2D eigenvalue weighted by atomic mass is 19.2. The van der Waals surface area contributed by atoms with Gasteiger partial charge in [0.05, 0.1) is 22.4 Å². The number of halogens is 3. The molecule has 1 aliphatic rings. The van der Waals surface area contributed by atoms with Crippen LogP contribution >= 0.6 is 0 Å². The normalized spacial score (nSPS) is 13.7. The van der Waals surface area contributed by atoms with Gasteiger partial charge in [-0.05, 0) is 43.7 Å². The van der Waals surface area contributed by atoms with Gasteiger partial charge in [-0.15, -0.1) is 0 Å². The summed E-state index contributed by atoms with van der Waals surface area (Å²) in [4.78, 5) is 50.6. The Labute approximate surface area is 181 Å². The Bertz CT molecular complexity index is 1120. The predicted octanol–water partition coefficient (Wildman–Crippen LogP) is 3.68. The fraction of sp³-hybridized carbons (Fsp3) is 0.273. The monoisotopic (exact) mass is 448 g/mol. The number of carbonyl (C=O) groups excluding carboxylic acids is 4. The van der Waals surface area contributed by atoms with E-state index < -0.39 is 52.9 Å². The van der Waals surface area contributed by atoms with E-state index in [2.05, 4.69) is 0 Å². The van der Waals surface area contributed by atoms with Crippen LogP contribution in [0.2, 0.25) is 0 Å². The lowest BCUT2D eigenvalue weighted by atomic mass is 10.1. The van der Waals surface area contributed by atoms with E-state index in [9.17, 15) is 32.3 Å². The van der Waals surface area contributed by atoms with Gasteiger partial charge < -0.3 is 10.1 Å². The fourth-order valence-corrected chi connectivity index (χ4v) is 3.08. The number of hydrogen-bond donors (Lipinski definition) is 1. The first-order valence-corrected chi connectivity index (χ1v) is 9.81. The summed E-state index contributed by atoms with van der Waals surface area (Å²) in [6.07, 6.45) is 0.00643. The molecule has 2 aromatic rings. The average Bonchev–Trinajstić information content (AvgIpc) is 3.01. The molecule has 3 rings (SSSR count). The average molecular weight is 448 g/mol. The molecule has 0 radical (unpaired) electrons. The minimum Gasteiger partial charge on any atom is -0.449 e. The number of ether oxygens (including phenoxy) is 1. The lowest BCUT2D eigenvalue weighted by molar-refractivity contribution is -0.123. The summed E-state index contributed by atoms with van der Waals surface area (Å²) in [5.41, 5.74) is -0.463. The molecule has 1 atom stereocenters. The number of esters is 1. The molecule has 1 heterocycles. The maximum absolute atomic E-state index is 13.7. The van der Waals surface area contributed by atoms with Gasteiger partial charge in [0.1, 0.15) is 0 Å². The number of anilines is 1. The highest BCUT2D eigenvalue weighted by Gasteiger charge is 2.35. The Morgan fingerprint density at radius 2 is 1.72 bits per heavy atom. The van der Waals surface area contributed by atoms with Gasteiger partial charge in [0.15, 0.2) is 23.6 Å². The van der Waals surface area contributed by atoms with Gasteiger partial charge >= 0.3 is 5.97 Å². The van der Waals surface area contributed by atoms with Crippen molar-refractivity contribution in [3.8, 4) is 0 Å². The summed E-state index contributed by atoms with van der Waals surface area (Å²) >= 11 is 0. The van der Waals surface area contributed by atoms with Crippen LogP contribution in [0.4, 0.5) is 18.9 Å². The van der Waals surface area contributed by atoms with Crippen molar-refractivity contribution >= 4 is 29.4 Å². The minimum atomic E-state index is -1.75. The van der Waals surface area contributed by atoms with Crippen LogP contribution in [-0.2, 0) is 9.53 Å². The van der Waals surface area contributed by atoms with E-state index in [1.54, 1.807) is 0 Å². The molecule has 0 aliphatic carbocycles. The highest BCUT2D eigenvalue weighted by Crippen LogP contribution is 2.25. The Kier molecular flexibility index (Phi) is 6.61. The van der Waals surface area contributed by atoms with E-state index in [1.165, 1.54) is 25.1 Å². The number of nitrogens with one attached hydrogen (secondary N) is 1.